The molecule has 120 valence electrons. The van der Waals surface area contributed by atoms with E-state index in [1.807, 2.05) is 32.9 Å². The summed E-state index contributed by atoms with van der Waals surface area (Å²) in [6.45, 7) is 9.60. The summed E-state index contributed by atoms with van der Waals surface area (Å²) in [4.78, 5) is 31.6. The molecule has 22 heavy (non-hydrogen) atoms. The summed E-state index contributed by atoms with van der Waals surface area (Å²) in [5.41, 5.74) is -0.0157. The minimum Gasteiger partial charge on any atom is -0.444 e. The molecule has 1 aliphatic rings. The zero-order chi connectivity index (χ0) is 16.3. The van der Waals surface area contributed by atoms with Crippen LogP contribution in [0.25, 0.3) is 0 Å². The maximum Gasteiger partial charge on any atom is 0.410 e. The molecular weight excluding hydrogens is 282 g/mol. The molecule has 0 bridgehead atoms. The number of rotatable bonds is 2. The number of aromatic nitrogens is 1. The average Bonchev–Trinajstić information content (AvgIpc) is 2.46. The highest BCUT2D eigenvalue weighted by Gasteiger charge is 2.26. The fourth-order valence-electron chi connectivity index (χ4n) is 2.24. The normalized spacial score (nSPS) is 15.6. The molecule has 0 N–H and O–H groups in total. The molecule has 0 radical (unpaired) electrons. The molecule has 6 nitrogen and oxygen atoms in total. The van der Waals surface area contributed by atoms with Crippen molar-refractivity contribution in [2.75, 3.05) is 31.1 Å². The quantitative estimate of drug-likeness (QED) is 0.785. The third-order valence-electron chi connectivity index (χ3n) is 3.35. The molecule has 1 amide bonds. The molecule has 1 aromatic rings. The highest BCUT2D eigenvalue weighted by molar-refractivity contribution is 5.92. The molecule has 0 atom stereocenters. The number of hydrogen-bond acceptors (Lipinski definition) is 5. The van der Waals surface area contributed by atoms with E-state index in [4.69, 9.17) is 4.74 Å². The van der Waals surface area contributed by atoms with Gasteiger partial charge < -0.3 is 14.5 Å². The molecule has 0 unspecified atom stereocenters. The Kier molecular flexibility index (Phi) is 4.68. The summed E-state index contributed by atoms with van der Waals surface area (Å²) in [5, 5.41) is 0. The highest BCUT2D eigenvalue weighted by atomic mass is 16.6. The number of Topliss-reactive ketones (excluding diaryl/α,β-unsaturated/α-hetero) is 1. The number of nitrogens with zero attached hydrogens (tertiary/aromatic N) is 3. The van der Waals surface area contributed by atoms with Crippen LogP contribution in [0.5, 0.6) is 0 Å². The first kappa shape index (κ1) is 16.3. The topological polar surface area (TPSA) is 62.7 Å². The largest absolute Gasteiger partial charge is 0.444 e. The Bertz CT molecular complexity index is 558. The molecule has 6 heteroatoms. The van der Waals surface area contributed by atoms with Crippen LogP contribution in [0.4, 0.5) is 10.6 Å². The number of amides is 1. The first-order valence-electron chi connectivity index (χ1n) is 7.47. The molecular formula is C16H23N3O3. The van der Waals surface area contributed by atoms with Crippen LogP contribution in [-0.2, 0) is 4.74 Å². The summed E-state index contributed by atoms with van der Waals surface area (Å²) >= 11 is 0. The van der Waals surface area contributed by atoms with Crippen molar-refractivity contribution >= 4 is 17.7 Å². The van der Waals surface area contributed by atoms with Gasteiger partial charge >= 0.3 is 6.09 Å². The van der Waals surface area contributed by atoms with Gasteiger partial charge in [0, 0.05) is 33.1 Å². The SMILES string of the molecule is CC(=O)c1cccc(N2CCN(C(=O)OC(C)(C)C)CC2)n1. The van der Waals surface area contributed by atoms with Gasteiger partial charge in [-0.1, -0.05) is 6.07 Å². The van der Waals surface area contributed by atoms with Crippen molar-refractivity contribution in [1.82, 2.24) is 9.88 Å². The monoisotopic (exact) mass is 305 g/mol. The van der Waals surface area contributed by atoms with E-state index >= 15 is 0 Å². The number of piperazine rings is 1. The Morgan fingerprint density at radius 3 is 2.32 bits per heavy atom. The molecule has 1 fully saturated rings. The lowest BCUT2D eigenvalue weighted by atomic mass is 10.2. The van der Waals surface area contributed by atoms with Gasteiger partial charge in [0.05, 0.1) is 0 Å². The molecule has 1 aromatic heterocycles. The Morgan fingerprint density at radius 2 is 1.77 bits per heavy atom. The molecule has 1 aliphatic heterocycles. The van der Waals surface area contributed by atoms with Gasteiger partial charge in [0.15, 0.2) is 5.78 Å². The third-order valence-corrected chi connectivity index (χ3v) is 3.35. The van der Waals surface area contributed by atoms with E-state index < -0.39 is 5.60 Å². The van der Waals surface area contributed by atoms with Gasteiger partial charge in [0.25, 0.3) is 0 Å². The molecule has 1 saturated heterocycles. The van der Waals surface area contributed by atoms with Crippen molar-refractivity contribution in [3.63, 3.8) is 0 Å². The Morgan fingerprint density at radius 1 is 1.14 bits per heavy atom. The Hall–Kier alpha value is -2.11. The van der Waals surface area contributed by atoms with E-state index in [0.29, 0.717) is 31.9 Å². The maximum absolute atomic E-state index is 12.0. The fourth-order valence-corrected chi connectivity index (χ4v) is 2.24. The molecule has 0 aromatic carbocycles. The van der Waals surface area contributed by atoms with Gasteiger partial charge in [0.2, 0.25) is 0 Å². The van der Waals surface area contributed by atoms with E-state index in [-0.39, 0.29) is 11.9 Å². The van der Waals surface area contributed by atoms with Crippen LogP contribution >= 0.6 is 0 Å². The van der Waals surface area contributed by atoms with Crippen molar-refractivity contribution in [1.29, 1.82) is 0 Å². The van der Waals surface area contributed by atoms with E-state index in [1.54, 1.807) is 11.0 Å². The molecule has 2 rings (SSSR count). The summed E-state index contributed by atoms with van der Waals surface area (Å²) in [6.07, 6.45) is -0.280. The van der Waals surface area contributed by atoms with Crippen molar-refractivity contribution in [3.05, 3.63) is 23.9 Å². The number of hydrogen-bond donors (Lipinski definition) is 0. The highest BCUT2D eigenvalue weighted by Crippen LogP contribution is 2.16. The Balaban J connectivity index is 1.96. The second-order valence-corrected chi connectivity index (χ2v) is 6.39. The molecule has 2 heterocycles. The number of pyridine rings is 1. The number of ether oxygens (including phenoxy) is 1. The predicted molar refractivity (Wildman–Crippen MR) is 84.3 cm³/mol. The van der Waals surface area contributed by atoms with Crippen LogP contribution in [-0.4, -0.2) is 53.5 Å². The van der Waals surface area contributed by atoms with Crippen molar-refractivity contribution in [2.45, 2.75) is 33.3 Å². The van der Waals surface area contributed by atoms with E-state index in [9.17, 15) is 9.59 Å². The Labute approximate surface area is 131 Å². The van der Waals surface area contributed by atoms with E-state index in [2.05, 4.69) is 9.88 Å². The maximum atomic E-state index is 12.0. The second kappa shape index (κ2) is 6.34. The third kappa shape index (κ3) is 4.19. The lowest BCUT2D eigenvalue weighted by Gasteiger charge is -2.36. The number of carbonyl (C=O) groups is 2. The number of anilines is 1. The van der Waals surface area contributed by atoms with Crippen LogP contribution in [0.3, 0.4) is 0 Å². The van der Waals surface area contributed by atoms with E-state index in [1.165, 1.54) is 6.92 Å². The van der Waals surface area contributed by atoms with Crippen LogP contribution in [0.15, 0.2) is 18.2 Å². The zero-order valence-electron chi connectivity index (χ0n) is 13.6. The van der Waals surface area contributed by atoms with Gasteiger partial charge in [-0.15, -0.1) is 0 Å². The van der Waals surface area contributed by atoms with Crippen molar-refractivity contribution in [3.8, 4) is 0 Å². The van der Waals surface area contributed by atoms with Crippen LogP contribution in [0.1, 0.15) is 38.2 Å². The fraction of sp³-hybridized carbons (Fsp3) is 0.562. The van der Waals surface area contributed by atoms with Gasteiger partial charge in [-0.25, -0.2) is 9.78 Å². The smallest absolute Gasteiger partial charge is 0.410 e. The first-order valence-corrected chi connectivity index (χ1v) is 7.47. The standard InChI is InChI=1S/C16H23N3O3/c1-12(20)13-6-5-7-14(17-13)18-8-10-19(11-9-18)15(21)22-16(2,3)4/h5-7H,8-11H2,1-4H3. The molecule has 0 saturated carbocycles. The minimum absolute atomic E-state index is 0.0470. The van der Waals surface area contributed by atoms with E-state index in [0.717, 1.165) is 5.82 Å². The minimum atomic E-state index is -0.481. The molecule has 0 spiro atoms. The summed E-state index contributed by atoms with van der Waals surface area (Å²) < 4.78 is 5.38. The number of ketones is 1. The van der Waals surface area contributed by atoms with Gasteiger partial charge in [-0.05, 0) is 32.9 Å². The van der Waals surface area contributed by atoms with Gasteiger partial charge in [-0.3, -0.25) is 4.79 Å². The van der Waals surface area contributed by atoms with Crippen LogP contribution in [0, 0.1) is 0 Å². The summed E-state index contributed by atoms with van der Waals surface area (Å²) in [5.74, 6) is 0.728. The zero-order valence-corrected chi connectivity index (χ0v) is 13.6. The van der Waals surface area contributed by atoms with Crippen LogP contribution < -0.4 is 4.90 Å². The van der Waals surface area contributed by atoms with Crippen molar-refractivity contribution < 1.29 is 14.3 Å². The summed E-state index contributed by atoms with van der Waals surface area (Å²) in [7, 11) is 0. The van der Waals surface area contributed by atoms with Crippen LogP contribution in [0.2, 0.25) is 0 Å². The molecule has 0 aliphatic carbocycles. The average molecular weight is 305 g/mol. The second-order valence-electron chi connectivity index (χ2n) is 6.39. The van der Waals surface area contributed by atoms with Gasteiger partial charge in [-0.2, -0.15) is 0 Å². The predicted octanol–water partition coefficient (Wildman–Crippen LogP) is 2.34. The first-order chi connectivity index (χ1) is 10.3. The lowest BCUT2D eigenvalue weighted by Crippen LogP contribution is -2.50. The van der Waals surface area contributed by atoms with Gasteiger partial charge in [0.1, 0.15) is 17.1 Å². The lowest BCUT2D eigenvalue weighted by molar-refractivity contribution is 0.0240. The summed E-state index contributed by atoms with van der Waals surface area (Å²) in [6, 6.07) is 5.43. The number of carbonyl (C=O) groups excluding carboxylic acids is 2. The van der Waals surface area contributed by atoms with Crippen molar-refractivity contribution in [2.24, 2.45) is 0 Å².